The van der Waals surface area contributed by atoms with Crippen LogP contribution in [0.15, 0.2) is 72.8 Å². The summed E-state index contributed by atoms with van der Waals surface area (Å²) >= 11 is 0. The Morgan fingerprint density at radius 1 is 1.03 bits per heavy atom. The summed E-state index contributed by atoms with van der Waals surface area (Å²) in [5, 5.41) is 13.4. The average Bonchev–Trinajstić information content (AvgIpc) is 3.28. The summed E-state index contributed by atoms with van der Waals surface area (Å²) in [6, 6.07) is 21.2. The van der Waals surface area contributed by atoms with Crippen LogP contribution in [0, 0.1) is 23.6 Å². The lowest BCUT2D eigenvalue weighted by atomic mass is 9.82. The molecule has 3 aromatic rings. The van der Waals surface area contributed by atoms with Crippen LogP contribution < -0.4 is 5.32 Å². The maximum absolute atomic E-state index is 13.8. The minimum Gasteiger partial charge on any atom is -0.394 e. The zero-order valence-electron chi connectivity index (χ0n) is 17.5. The van der Waals surface area contributed by atoms with Gasteiger partial charge >= 0.3 is 0 Å². The molecule has 1 amide bonds. The van der Waals surface area contributed by atoms with E-state index in [4.69, 9.17) is 0 Å². The number of rotatable bonds is 2. The molecule has 0 aromatic heterocycles. The van der Waals surface area contributed by atoms with Crippen molar-refractivity contribution in [2.75, 3.05) is 18.5 Å². The van der Waals surface area contributed by atoms with E-state index in [9.17, 15) is 14.3 Å². The molecular formula is C27H23FN2O2. The molecule has 0 radical (unpaired) electrons. The number of amides is 1. The molecule has 2 aliphatic heterocycles. The van der Waals surface area contributed by atoms with E-state index >= 15 is 0 Å². The molecule has 0 aliphatic carbocycles. The molecule has 0 bridgehead atoms. The minimum atomic E-state index is -0.427. The van der Waals surface area contributed by atoms with Crippen LogP contribution in [0.25, 0.3) is 0 Å². The predicted molar refractivity (Wildman–Crippen MR) is 122 cm³/mol. The van der Waals surface area contributed by atoms with Crippen molar-refractivity contribution >= 4 is 11.6 Å². The molecule has 160 valence electrons. The van der Waals surface area contributed by atoms with Gasteiger partial charge in [-0.3, -0.25) is 4.79 Å². The van der Waals surface area contributed by atoms with Crippen LogP contribution in [-0.4, -0.2) is 35.1 Å². The highest BCUT2D eigenvalue weighted by Gasteiger charge is 2.45. The van der Waals surface area contributed by atoms with Gasteiger partial charge < -0.3 is 15.3 Å². The number of halogens is 1. The average molecular weight is 426 g/mol. The normalized spacial score (nSPS) is 21.1. The number of carbonyl (C=O) groups excluding carboxylic acids is 1. The van der Waals surface area contributed by atoms with Crippen molar-refractivity contribution in [2.24, 2.45) is 5.92 Å². The van der Waals surface area contributed by atoms with Gasteiger partial charge in [0, 0.05) is 34.8 Å². The molecule has 1 saturated heterocycles. The Kier molecular flexibility index (Phi) is 5.38. The lowest BCUT2D eigenvalue weighted by molar-refractivity contribution is 0.0700. The maximum Gasteiger partial charge on any atom is 0.254 e. The number of benzene rings is 3. The number of hydrogen-bond donors (Lipinski definition) is 2. The number of fused-ring (bicyclic) bond motifs is 3. The quantitative estimate of drug-likeness (QED) is 0.604. The Labute approximate surface area is 186 Å². The molecule has 5 rings (SSSR count). The molecule has 4 nitrogen and oxygen atoms in total. The Balaban J connectivity index is 1.52. The highest BCUT2D eigenvalue weighted by molar-refractivity contribution is 5.95. The smallest absolute Gasteiger partial charge is 0.254 e. The van der Waals surface area contributed by atoms with Crippen LogP contribution in [0.5, 0.6) is 0 Å². The highest BCUT2D eigenvalue weighted by Crippen LogP contribution is 2.47. The van der Waals surface area contributed by atoms with Crippen molar-refractivity contribution in [2.45, 2.75) is 18.5 Å². The molecular weight excluding hydrogens is 403 g/mol. The number of aliphatic hydroxyl groups is 1. The van der Waals surface area contributed by atoms with E-state index in [-0.39, 0.29) is 30.5 Å². The molecule has 1 fully saturated rings. The zero-order valence-corrected chi connectivity index (χ0v) is 17.5. The molecule has 3 atom stereocenters. The van der Waals surface area contributed by atoms with Gasteiger partial charge in [-0.05, 0) is 60.5 Å². The van der Waals surface area contributed by atoms with Crippen LogP contribution >= 0.6 is 0 Å². The van der Waals surface area contributed by atoms with Crippen LogP contribution in [0.4, 0.5) is 10.1 Å². The molecule has 32 heavy (non-hydrogen) atoms. The maximum atomic E-state index is 13.8. The zero-order chi connectivity index (χ0) is 22.1. The Morgan fingerprint density at radius 2 is 1.84 bits per heavy atom. The molecule has 5 heteroatoms. The van der Waals surface area contributed by atoms with Crippen molar-refractivity contribution in [3.05, 3.63) is 101 Å². The van der Waals surface area contributed by atoms with Crippen LogP contribution in [0.2, 0.25) is 0 Å². The highest BCUT2D eigenvalue weighted by atomic mass is 19.1. The van der Waals surface area contributed by atoms with Crippen molar-refractivity contribution in [3.63, 3.8) is 0 Å². The van der Waals surface area contributed by atoms with Crippen molar-refractivity contribution in [3.8, 4) is 11.8 Å². The van der Waals surface area contributed by atoms with Crippen LogP contribution in [-0.2, 0) is 0 Å². The third kappa shape index (κ3) is 3.74. The first-order chi connectivity index (χ1) is 15.6. The molecule has 2 aliphatic rings. The van der Waals surface area contributed by atoms with Crippen molar-refractivity contribution in [1.29, 1.82) is 0 Å². The van der Waals surface area contributed by atoms with E-state index in [1.165, 1.54) is 12.1 Å². The van der Waals surface area contributed by atoms with E-state index in [1.54, 1.807) is 12.1 Å². The van der Waals surface area contributed by atoms with Gasteiger partial charge in [0.05, 0.1) is 18.7 Å². The third-order valence-electron chi connectivity index (χ3n) is 6.33. The number of nitrogens with zero attached hydrogens (tertiary/aromatic N) is 1. The van der Waals surface area contributed by atoms with Gasteiger partial charge in [0.15, 0.2) is 0 Å². The van der Waals surface area contributed by atoms with E-state index in [0.717, 1.165) is 28.8 Å². The van der Waals surface area contributed by atoms with Gasteiger partial charge in [0.2, 0.25) is 0 Å². The Bertz CT molecular complexity index is 1220. The number of hydrogen-bond acceptors (Lipinski definition) is 3. The molecule has 3 aromatic carbocycles. The fourth-order valence-corrected chi connectivity index (χ4v) is 4.82. The van der Waals surface area contributed by atoms with Gasteiger partial charge in [-0.2, -0.15) is 0 Å². The largest absolute Gasteiger partial charge is 0.394 e. The van der Waals surface area contributed by atoms with Crippen molar-refractivity contribution in [1.82, 2.24) is 4.90 Å². The first-order valence-corrected chi connectivity index (χ1v) is 10.8. The Morgan fingerprint density at radius 3 is 2.62 bits per heavy atom. The predicted octanol–water partition coefficient (Wildman–Crippen LogP) is 4.22. The second kappa shape index (κ2) is 8.49. The standard InChI is InChI=1S/C27H23FN2O2/c28-21-8-4-7-20(16-21)27(32)30-14-13-22-25(17-31)29-24-12-11-19(15-23(24)26(22)30)10-9-18-5-2-1-3-6-18/h1-8,11-12,15-16,22,25-26,29,31H,13-14,17H2/t22-,25+,26-/m0/s1. The first-order valence-electron chi connectivity index (χ1n) is 10.8. The number of likely N-dealkylation sites (tertiary alicyclic amines) is 1. The first kappa shape index (κ1) is 20.3. The number of anilines is 1. The van der Waals surface area contributed by atoms with Gasteiger partial charge in [0.1, 0.15) is 5.82 Å². The summed E-state index contributed by atoms with van der Waals surface area (Å²) in [7, 11) is 0. The summed E-state index contributed by atoms with van der Waals surface area (Å²) < 4.78 is 13.8. The fourth-order valence-electron chi connectivity index (χ4n) is 4.82. The van der Waals surface area contributed by atoms with Crippen molar-refractivity contribution < 1.29 is 14.3 Å². The molecule has 0 spiro atoms. The lowest BCUT2D eigenvalue weighted by Gasteiger charge is -2.39. The summed E-state index contributed by atoms with van der Waals surface area (Å²) in [6.07, 6.45) is 0.767. The van der Waals surface area contributed by atoms with Gasteiger partial charge in [-0.25, -0.2) is 4.39 Å². The molecule has 2 N–H and O–H groups in total. The van der Waals surface area contributed by atoms with Crippen LogP contribution in [0.3, 0.4) is 0 Å². The number of carbonyl (C=O) groups is 1. The Hall–Kier alpha value is -3.62. The molecule has 0 unspecified atom stereocenters. The van der Waals surface area contributed by atoms with Gasteiger partial charge in [0.25, 0.3) is 5.91 Å². The number of aliphatic hydroxyl groups excluding tert-OH is 1. The SMILES string of the molecule is O=C(c1cccc(F)c1)N1CC[C@@H]2[C@H]1c1cc(C#Cc3ccccc3)ccc1N[C@@H]2CO. The van der Waals surface area contributed by atoms with Gasteiger partial charge in [-0.15, -0.1) is 0 Å². The summed E-state index contributed by atoms with van der Waals surface area (Å²) in [6.45, 7) is 0.542. The van der Waals surface area contributed by atoms with E-state index in [2.05, 4.69) is 17.2 Å². The summed E-state index contributed by atoms with van der Waals surface area (Å²) in [5.74, 6) is 5.85. The fraction of sp³-hybridized carbons (Fsp3) is 0.222. The van der Waals surface area contributed by atoms with E-state index in [0.29, 0.717) is 12.1 Å². The number of nitrogens with one attached hydrogen (secondary N) is 1. The van der Waals surface area contributed by atoms with Crippen LogP contribution in [0.1, 0.15) is 39.5 Å². The molecule has 2 heterocycles. The van der Waals surface area contributed by atoms with E-state index < -0.39 is 5.82 Å². The summed E-state index contributed by atoms with van der Waals surface area (Å²) in [5.41, 5.74) is 4.02. The van der Waals surface area contributed by atoms with E-state index in [1.807, 2.05) is 53.4 Å². The topological polar surface area (TPSA) is 52.6 Å². The third-order valence-corrected chi connectivity index (χ3v) is 6.33. The monoisotopic (exact) mass is 426 g/mol. The lowest BCUT2D eigenvalue weighted by Crippen LogP contribution is -2.42. The minimum absolute atomic E-state index is 0.0157. The second-order valence-corrected chi connectivity index (χ2v) is 8.26. The summed E-state index contributed by atoms with van der Waals surface area (Å²) in [4.78, 5) is 15.1. The second-order valence-electron chi connectivity index (χ2n) is 8.26. The molecule has 0 saturated carbocycles. The van der Waals surface area contributed by atoms with Gasteiger partial charge in [-0.1, -0.05) is 36.1 Å².